The Bertz CT molecular complexity index is 1350. The highest BCUT2D eigenvalue weighted by Gasteiger charge is 2.48. The molecule has 238 valence electrons. The SMILES string of the molecule is CCOC(=O)ON1CCN(C(=O)[C@H](CCC(=O)O)NC(=O)c2cc(OC3(C(=O)N(C)C)CCC3)n(-c3ccccc3)n2)CC1. The zero-order valence-corrected chi connectivity index (χ0v) is 25.1. The molecule has 0 radical (unpaired) electrons. The third kappa shape index (κ3) is 7.64. The molecule has 44 heavy (non-hydrogen) atoms. The highest BCUT2D eigenvalue weighted by atomic mass is 16.8. The van der Waals surface area contributed by atoms with Crippen molar-refractivity contribution in [3.05, 3.63) is 42.1 Å². The van der Waals surface area contributed by atoms with E-state index in [-0.39, 0.29) is 63.1 Å². The van der Waals surface area contributed by atoms with Crippen LogP contribution in [0.5, 0.6) is 5.88 Å². The van der Waals surface area contributed by atoms with Gasteiger partial charge in [0, 0.05) is 39.7 Å². The highest BCUT2D eigenvalue weighted by molar-refractivity contribution is 5.96. The number of hydroxylamine groups is 2. The number of carboxylic acid groups (broad SMARTS) is 1. The van der Waals surface area contributed by atoms with E-state index in [0.717, 1.165) is 6.42 Å². The quantitative estimate of drug-likeness (QED) is 0.332. The number of ether oxygens (including phenoxy) is 2. The van der Waals surface area contributed by atoms with Crippen LogP contribution >= 0.6 is 0 Å². The molecule has 2 fully saturated rings. The van der Waals surface area contributed by atoms with Crippen molar-refractivity contribution in [2.24, 2.45) is 0 Å². The molecule has 1 aromatic heterocycles. The van der Waals surface area contributed by atoms with Gasteiger partial charge in [-0.15, -0.1) is 5.06 Å². The van der Waals surface area contributed by atoms with Gasteiger partial charge in [-0.25, -0.2) is 9.48 Å². The molecule has 2 heterocycles. The summed E-state index contributed by atoms with van der Waals surface area (Å²) in [5.74, 6) is -2.31. The second-order valence-corrected chi connectivity index (χ2v) is 10.8. The fraction of sp³-hybridized carbons (Fsp3) is 0.517. The van der Waals surface area contributed by atoms with Crippen molar-refractivity contribution < 1.29 is 43.4 Å². The topological polar surface area (TPSA) is 173 Å². The Morgan fingerprint density at radius 3 is 2.32 bits per heavy atom. The summed E-state index contributed by atoms with van der Waals surface area (Å²) in [4.78, 5) is 71.0. The molecule has 1 aliphatic carbocycles. The Labute approximate surface area is 254 Å². The molecule has 2 aromatic rings. The molecule has 1 atom stereocenters. The number of nitrogens with one attached hydrogen (secondary N) is 1. The standard InChI is InChI=1S/C29H38N6O9/c1-4-42-28(41)44-34-17-15-33(16-18-34)26(39)21(11-12-24(36)37)30-25(38)22-19-23(35(31-22)20-9-6-5-7-10-20)43-29(13-8-14-29)27(40)32(2)3/h5-7,9-10,19,21H,4,8,11-18H2,1-3H3,(H,30,38)(H,36,37)/t21-/m0/s1. The normalized spacial score (nSPS) is 16.7. The molecule has 0 spiro atoms. The van der Waals surface area contributed by atoms with Crippen LogP contribution in [0.3, 0.4) is 0 Å². The van der Waals surface area contributed by atoms with Gasteiger partial charge in [0.1, 0.15) is 6.04 Å². The largest absolute Gasteiger partial charge is 0.527 e. The summed E-state index contributed by atoms with van der Waals surface area (Å²) in [6, 6.07) is 9.21. The van der Waals surface area contributed by atoms with Crippen LogP contribution in [0.4, 0.5) is 4.79 Å². The van der Waals surface area contributed by atoms with Crippen LogP contribution in [0.1, 0.15) is 49.5 Å². The molecule has 1 saturated carbocycles. The minimum Gasteiger partial charge on any atom is -0.481 e. The molecule has 1 aromatic carbocycles. The van der Waals surface area contributed by atoms with Crippen molar-refractivity contribution in [3.8, 4) is 11.6 Å². The van der Waals surface area contributed by atoms with Gasteiger partial charge in [-0.05, 0) is 44.7 Å². The number of hydrogen-bond acceptors (Lipinski definition) is 10. The van der Waals surface area contributed by atoms with E-state index in [2.05, 4.69) is 10.4 Å². The monoisotopic (exact) mass is 614 g/mol. The molecule has 1 saturated heterocycles. The van der Waals surface area contributed by atoms with E-state index in [4.69, 9.17) is 14.3 Å². The van der Waals surface area contributed by atoms with Gasteiger partial charge in [0.15, 0.2) is 11.3 Å². The zero-order chi connectivity index (χ0) is 31.9. The van der Waals surface area contributed by atoms with Crippen molar-refractivity contribution in [1.29, 1.82) is 0 Å². The van der Waals surface area contributed by atoms with Gasteiger partial charge in [0.05, 0.1) is 25.4 Å². The minimum atomic E-state index is -1.16. The Hall–Kier alpha value is -4.66. The Morgan fingerprint density at radius 2 is 1.75 bits per heavy atom. The Balaban J connectivity index is 1.52. The number of nitrogens with zero attached hydrogens (tertiary/aromatic N) is 5. The highest BCUT2D eigenvalue weighted by Crippen LogP contribution is 2.38. The first kappa shape index (κ1) is 32.3. The molecule has 1 aliphatic heterocycles. The van der Waals surface area contributed by atoms with E-state index in [1.807, 2.05) is 6.07 Å². The second kappa shape index (κ2) is 14.2. The first-order chi connectivity index (χ1) is 21.0. The summed E-state index contributed by atoms with van der Waals surface area (Å²) in [7, 11) is 3.31. The summed E-state index contributed by atoms with van der Waals surface area (Å²) in [5, 5.41) is 17.8. The molecule has 0 bridgehead atoms. The summed E-state index contributed by atoms with van der Waals surface area (Å²) < 4.78 is 12.5. The number of carbonyl (C=O) groups excluding carboxylic acids is 4. The molecular formula is C29H38N6O9. The predicted octanol–water partition coefficient (Wildman–Crippen LogP) is 1.46. The third-order valence-corrected chi connectivity index (χ3v) is 7.43. The molecule has 4 rings (SSSR count). The smallest absolute Gasteiger partial charge is 0.481 e. The second-order valence-electron chi connectivity index (χ2n) is 10.8. The first-order valence-corrected chi connectivity index (χ1v) is 14.5. The number of carboxylic acids is 1. The maximum atomic E-state index is 13.5. The molecule has 2 aliphatic rings. The number of benzene rings is 1. The Morgan fingerprint density at radius 1 is 1.07 bits per heavy atom. The van der Waals surface area contributed by atoms with Crippen molar-refractivity contribution in [1.82, 2.24) is 30.0 Å². The van der Waals surface area contributed by atoms with Crippen LogP contribution in [0.2, 0.25) is 0 Å². The average molecular weight is 615 g/mol. The summed E-state index contributed by atoms with van der Waals surface area (Å²) in [5.41, 5.74) is -0.561. The van der Waals surface area contributed by atoms with Gasteiger partial charge in [0.2, 0.25) is 11.8 Å². The van der Waals surface area contributed by atoms with Crippen molar-refractivity contribution in [2.45, 2.75) is 50.7 Å². The zero-order valence-electron chi connectivity index (χ0n) is 25.1. The number of hydrogen-bond donors (Lipinski definition) is 2. The van der Waals surface area contributed by atoms with Crippen LogP contribution in [0.15, 0.2) is 36.4 Å². The van der Waals surface area contributed by atoms with Crippen molar-refractivity contribution >= 4 is 29.8 Å². The lowest BCUT2D eigenvalue weighted by molar-refractivity contribution is -0.157. The molecule has 0 unspecified atom stereocenters. The molecule has 2 N–H and O–H groups in total. The van der Waals surface area contributed by atoms with E-state index >= 15 is 0 Å². The lowest BCUT2D eigenvalue weighted by Crippen LogP contribution is -2.55. The van der Waals surface area contributed by atoms with Gasteiger partial charge in [-0.3, -0.25) is 19.2 Å². The molecule has 3 amide bonds. The van der Waals surface area contributed by atoms with E-state index in [9.17, 15) is 29.1 Å². The van der Waals surface area contributed by atoms with Crippen LogP contribution in [-0.4, -0.2) is 118 Å². The third-order valence-electron chi connectivity index (χ3n) is 7.43. The van der Waals surface area contributed by atoms with Gasteiger partial charge in [0.25, 0.3) is 11.8 Å². The molecular weight excluding hydrogens is 576 g/mol. The van der Waals surface area contributed by atoms with Crippen LogP contribution < -0.4 is 10.1 Å². The Kier molecular flexibility index (Phi) is 10.4. The van der Waals surface area contributed by atoms with Gasteiger partial charge >= 0.3 is 12.1 Å². The number of likely N-dealkylation sites (N-methyl/N-ethyl adjacent to an activating group) is 1. The maximum absolute atomic E-state index is 13.5. The number of para-hydroxylation sites is 1. The number of rotatable bonds is 12. The van der Waals surface area contributed by atoms with E-state index < -0.39 is 35.6 Å². The number of aromatic nitrogens is 2. The van der Waals surface area contributed by atoms with Gasteiger partial charge in [-0.1, -0.05) is 18.2 Å². The molecule has 15 nitrogen and oxygen atoms in total. The number of carbonyl (C=O) groups is 5. The number of piperazine rings is 1. The van der Waals surface area contributed by atoms with Crippen molar-refractivity contribution in [3.63, 3.8) is 0 Å². The molecule has 15 heteroatoms. The van der Waals surface area contributed by atoms with Crippen LogP contribution in [0, 0.1) is 0 Å². The van der Waals surface area contributed by atoms with E-state index in [1.165, 1.54) is 25.6 Å². The van der Waals surface area contributed by atoms with Crippen LogP contribution in [-0.2, 0) is 24.0 Å². The summed E-state index contributed by atoms with van der Waals surface area (Å²) in [6.45, 7) is 2.59. The average Bonchev–Trinajstić information content (AvgIpc) is 3.41. The minimum absolute atomic E-state index is 0.0728. The van der Waals surface area contributed by atoms with Gasteiger partial charge in [-0.2, -0.15) is 5.10 Å². The summed E-state index contributed by atoms with van der Waals surface area (Å²) in [6.07, 6.45) is 0.479. The van der Waals surface area contributed by atoms with Crippen LogP contribution in [0.25, 0.3) is 5.69 Å². The maximum Gasteiger partial charge on any atom is 0.527 e. The van der Waals surface area contributed by atoms with E-state index in [0.29, 0.717) is 18.5 Å². The fourth-order valence-electron chi connectivity index (χ4n) is 4.99. The van der Waals surface area contributed by atoms with Crippen molar-refractivity contribution in [2.75, 3.05) is 46.9 Å². The number of aliphatic carboxylic acids is 1. The lowest BCUT2D eigenvalue weighted by atomic mass is 9.79. The lowest BCUT2D eigenvalue weighted by Gasteiger charge is -2.41. The van der Waals surface area contributed by atoms with E-state index in [1.54, 1.807) is 45.3 Å². The number of amides is 3. The predicted molar refractivity (Wildman–Crippen MR) is 154 cm³/mol. The van der Waals surface area contributed by atoms with Gasteiger partial charge < -0.3 is 34.5 Å². The summed E-state index contributed by atoms with van der Waals surface area (Å²) >= 11 is 0. The fourth-order valence-corrected chi connectivity index (χ4v) is 4.99. The first-order valence-electron chi connectivity index (χ1n) is 14.5.